The second-order valence-electron chi connectivity index (χ2n) is 2.65. The van der Waals surface area contributed by atoms with E-state index in [1.165, 1.54) is 0 Å². The van der Waals surface area contributed by atoms with Crippen LogP contribution in [0.15, 0.2) is 0 Å². The molecule has 0 saturated carbocycles. The number of rotatable bonds is 5. The molecule has 0 saturated heterocycles. The minimum Gasteiger partial charge on any atom is -0.481 e. The molecule has 0 rings (SSSR count). The molecule has 0 aliphatic heterocycles. The number of nitrogens with one attached hydrogen (secondary N) is 1. The molecule has 0 aromatic rings. The van der Waals surface area contributed by atoms with Crippen LogP contribution in [0.25, 0.3) is 0 Å². The highest BCUT2D eigenvalue weighted by Crippen LogP contribution is 1.99. The summed E-state index contributed by atoms with van der Waals surface area (Å²) in [5.41, 5.74) is 0. The monoisotopic (exact) mass is 193 g/mol. The third kappa shape index (κ3) is 6.02. The topological polar surface area (TPSA) is 127 Å². The van der Waals surface area contributed by atoms with Crippen LogP contribution in [0.3, 0.4) is 0 Å². The molecule has 5 N–H and O–H groups in total. The maximum atomic E-state index is 10.4. The van der Waals surface area contributed by atoms with Crippen molar-refractivity contribution < 1.29 is 30.0 Å². The van der Waals surface area contributed by atoms with Crippen molar-refractivity contribution >= 4 is 11.9 Å². The Balaban J connectivity index is 4.27. The summed E-state index contributed by atoms with van der Waals surface area (Å²) in [6, 6.07) is -1.53. The highest BCUT2D eigenvalue weighted by molar-refractivity contribution is 5.80. The van der Waals surface area contributed by atoms with E-state index in [2.05, 4.69) is 0 Å². The molecule has 76 valence electrons. The van der Waals surface area contributed by atoms with Crippen LogP contribution in [-0.2, 0) is 9.59 Å². The standard InChI is InChI=1S/C6H11NO6/c1-6(12,13)7-3(5(10)11)2-4(8)9/h3,7,12-13H,2H2,1H3,(H,8,9)(H,10,11)/t3-/m0/s1. The van der Waals surface area contributed by atoms with E-state index in [1.807, 2.05) is 5.32 Å². The molecule has 13 heavy (non-hydrogen) atoms. The second kappa shape index (κ2) is 4.17. The summed E-state index contributed by atoms with van der Waals surface area (Å²) in [7, 11) is 0. The van der Waals surface area contributed by atoms with Crippen LogP contribution in [0.4, 0.5) is 0 Å². The lowest BCUT2D eigenvalue weighted by Gasteiger charge is -2.21. The Morgan fingerprint density at radius 1 is 1.38 bits per heavy atom. The lowest BCUT2D eigenvalue weighted by atomic mass is 10.2. The molecule has 0 amide bonds. The van der Waals surface area contributed by atoms with E-state index >= 15 is 0 Å². The number of hydrogen-bond donors (Lipinski definition) is 5. The van der Waals surface area contributed by atoms with Gasteiger partial charge in [-0.15, -0.1) is 0 Å². The molecule has 0 fully saturated rings. The van der Waals surface area contributed by atoms with E-state index in [9.17, 15) is 9.59 Å². The molecule has 7 heteroatoms. The van der Waals surface area contributed by atoms with Gasteiger partial charge in [0.15, 0.2) is 0 Å². The average Bonchev–Trinajstić information content (AvgIpc) is 1.81. The van der Waals surface area contributed by atoms with Gasteiger partial charge in [-0.3, -0.25) is 14.9 Å². The minimum absolute atomic E-state index is 0.730. The summed E-state index contributed by atoms with van der Waals surface area (Å²) < 4.78 is 0. The summed E-state index contributed by atoms with van der Waals surface area (Å²) in [5.74, 6) is -5.21. The molecule has 0 aromatic heterocycles. The summed E-state index contributed by atoms with van der Waals surface area (Å²) in [6.45, 7) is 0.894. The first-order chi connectivity index (χ1) is 5.72. The molecule has 0 heterocycles. The molecule has 0 spiro atoms. The Bertz CT molecular complexity index is 208. The number of hydrogen-bond acceptors (Lipinski definition) is 5. The largest absolute Gasteiger partial charge is 0.481 e. The molecule has 0 radical (unpaired) electrons. The third-order valence-corrected chi connectivity index (χ3v) is 1.12. The summed E-state index contributed by atoms with van der Waals surface area (Å²) in [4.78, 5) is 20.5. The van der Waals surface area contributed by atoms with E-state index in [0.29, 0.717) is 0 Å². The first kappa shape index (κ1) is 11.8. The van der Waals surface area contributed by atoms with E-state index < -0.39 is 30.3 Å². The molecule has 0 aliphatic carbocycles. The zero-order chi connectivity index (χ0) is 10.6. The van der Waals surface area contributed by atoms with E-state index in [4.69, 9.17) is 20.4 Å². The van der Waals surface area contributed by atoms with Crippen molar-refractivity contribution in [3.63, 3.8) is 0 Å². The lowest BCUT2D eigenvalue weighted by Crippen LogP contribution is -2.52. The van der Waals surface area contributed by atoms with Crippen molar-refractivity contribution in [1.82, 2.24) is 5.32 Å². The van der Waals surface area contributed by atoms with Gasteiger partial charge in [-0.25, -0.2) is 0 Å². The highest BCUT2D eigenvalue weighted by Gasteiger charge is 2.27. The molecule has 0 aromatic carbocycles. The normalized spacial score (nSPS) is 13.8. The van der Waals surface area contributed by atoms with E-state index in [-0.39, 0.29) is 0 Å². The molecule has 0 aliphatic rings. The van der Waals surface area contributed by atoms with Crippen molar-refractivity contribution in [3.05, 3.63) is 0 Å². The molecule has 0 unspecified atom stereocenters. The predicted molar refractivity (Wildman–Crippen MR) is 39.7 cm³/mol. The first-order valence-corrected chi connectivity index (χ1v) is 3.39. The first-order valence-electron chi connectivity index (χ1n) is 3.39. The smallest absolute Gasteiger partial charge is 0.321 e. The summed E-state index contributed by atoms with van der Waals surface area (Å²) >= 11 is 0. The van der Waals surface area contributed by atoms with Gasteiger partial charge in [0, 0.05) is 6.92 Å². The average molecular weight is 193 g/mol. The number of carboxylic acid groups (broad SMARTS) is 2. The quantitative estimate of drug-likeness (QED) is 0.325. The van der Waals surface area contributed by atoms with Crippen LogP contribution in [0, 0.1) is 0 Å². The van der Waals surface area contributed by atoms with Crippen molar-refractivity contribution in [2.75, 3.05) is 0 Å². The third-order valence-electron chi connectivity index (χ3n) is 1.12. The molecule has 7 nitrogen and oxygen atoms in total. The van der Waals surface area contributed by atoms with Gasteiger partial charge in [0.2, 0.25) is 5.91 Å². The van der Waals surface area contributed by atoms with Gasteiger partial charge in [-0.1, -0.05) is 0 Å². The van der Waals surface area contributed by atoms with Gasteiger partial charge in [0.1, 0.15) is 6.04 Å². The van der Waals surface area contributed by atoms with Crippen LogP contribution in [-0.4, -0.2) is 44.3 Å². The van der Waals surface area contributed by atoms with Gasteiger partial charge in [-0.05, 0) is 0 Å². The van der Waals surface area contributed by atoms with Gasteiger partial charge < -0.3 is 20.4 Å². The number of carbonyl (C=O) groups is 2. The van der Waals surface area contributed by atoms with Crippen LogP contribution in [0.5, 0.6) is 0 Å². The number of aliphatic hydroxyl groups is 2. The molecule has 0 bridgehead atoms. The Hall–Kier alpha value is -1.18. The fourth-order valence-corrected chi connectivity index (χ4v) is 0.705. The van der Waals surface area contributed by atoms with Crippen molar-refractivity contribution in [2.45, 2.75) is 25.3 Å². The predicted octanol–water partition coefficient (Wildman–Crippen LogP) is -1.84. The SMILES string of the molecule is CC(O)(O)N[C@@H](CC(=O)O)C(=O)O. The number of carboxylic acids is 2. The molecular formula is C6H11NO6. The van der Waals surface area contributed by atoms with Crippen molar-refractivity contribution in [3.8, 4) is 0 Å². The van der Waals surface area contributed by atoms with Crippen molar-refractivity contribution in [2.24, 2.45) is 0 Å². The van der Waals surface area contributed by atoms with E-state index in [1.54, 1.807) is 0 Å². The maximum absolute atomic E-state index is 10.4. The highest BCUT2D eigenvalue weighted by atomic mass is 16.5. The lowest BCUT2D eigenvalue weighted by molar-refractivity contribution is -0.184. The zero-order valence-corrected chi connectivity index (χ0v) is 6.89. The van der Waals surface area contributed by atoms with Gasteiger partial charge in [0.25, 0.3) is 0 Å². The van der Waals surface area contributed by atoms with Gasteiger partial charge in [-0.2, -0.15) is 0 Å². The Labute approximate surface area is 73.6 Å². The maximum Gasteiger partial charge on any atom is 0.321 e. The van der Waals surface area contributed by atoms with Gasteiger partial charge in [0.05, 0.1) is 6.42 Å². The Morgan fingerprint density at radius 2 is 1.85 bits per heavy atom. The fourth-order valence-electron chi connectivity index (χ4n) is 0.705. The van der Waals surface area contributed by atoms with Crippen LogP contribution in [0.1, 0.15) is 13.3 Å². The van der Waals surface area contributed by atoms with Crippen molar-refractivity contribution in [1.29, 1.82) is 0 Å². The van der Waals surface area contributed by atoms with Crippen LogP contribution < -0.4 is 5.32 Å². The fraction of sp³-hybridized carbons (Fsp3) is 0.667. The Morgan fingerprint density at radius 3 is 2.08 bits per heavy atom. The molecule has 1 atom stereocenters. The molecular weight excluding hydrogens is 182 g/mol. The second-order valence-corrected chi connectivity index (χ2v) is 2.65. The summed E-state index contributed by atoms with van der Waals surface area (Å²) in [6.07, 6.45) is -0.730. The number of aliphatic carboxylic acids is 2. The summed E-state index contributed by atoms with van der Waals surface area (Å²) in [5, 5.41) is 36.0. The minimum atomic E-state index is -2.40. The van der Waals surface area contributed by atoms with Gasteiger partial charge >= 0.3 is 11.9 Å². The van der Waals surface area contributed by atoms with Crippen LogP contribution >= 0.6 is 0 Å². The Kier molecular flexibility index (Phi) is 3.79. The van der Waals surface area contributed by atoms with E-state index in [0.717, 1.165) is 6.92 Å². The van der Waals surface area contributed by atoms with Crippen LogP contribution in [0.2, 0.25) is 0 Å². The zero-order valence-electron chi connectivity index (χ0n) is 6.89.